The standard InChI is InChI=1S/C26H27ClN6O2/c1-16-12-19(8-11-21(34)32(3)4)13-17(2)22(16)29-24-23-25(31-26(27)30-24)33(15-28-23)14-18-6-9-20(35-5)10-7-18/h6-13,15H,14H2,1-5H3,(H,29,30,31). The first-order valence-electron chi connectivity index (χ1n) is 11.0. The van der Waals surface area contributed by atoms with E-state index in [1.54, 1.807) is 33.6 Å². The molecule has 4 rings (SSSR count). The first-order valence-corrected chi connectivity index (χ1v) is 11.4. The van der Waals surface area contributed by atoms with Gasteiger partial charge in [-0.2, -0.15) is 9.97 Å². The molecule has 0 saturated heterocycles. The topological polar surface area (TPSA) is 85.2 Å². The van der Waals surface area contributed by atoms with E-state index in [1.165, 1.54) is 4.90 Å². The third-order valence-electron chi connectivity index (χ3n) is 5.61. The molecule has 0 bridgehead atoms. The lowest BCUT2D eigenvalue weighted by Gasteiger charge is -2.14. The fraction of sp³-hybridized carbons (Fsp3) is 0.231. The summed E-state index contributed by atoms with van der Waals surface area (Å²) in [6.45, 7) is 4.59. The third-order valence-corrected chi connectivity index (χ3v) is 5.78. The van der Waals surface area contributed by atoms with Crippen molar-refractivity contribution in [2.75, 3.05) is 26.5 Å². The molecule has 0 aliphatic rings. The van der Waals surface area contributed by atoms with Crippen molar-refractivity contribution in [1.29, 1.82) is 0 Å². The number of hydrogen-bond acceptors (Lipinski definition) is 6. The Bertz CT molecular complexity index is 1390. The Balaban J connectivity index is 1.63. The number of hydrogen-bond donors (Lipinski definition) is 1. The van der Waals surface area contributed by atoms with E-state index in [9.17, 15) is 4.79 Å². The van der Waals surface area contributed by atoms with Gasteiger partial charge in [-0.15, -0.1) is 0 Å². The fourth-order valence-corrected chi connectivity index (χ4v) is 3.94. The zero-order valence-electron chi connectivity index (χ0n) is 20.3. The van der Waals surface area contributed by atoms with Gasteiger partial charge < -0.3 is 19.5 Å². The molecule has 1 N–H and O–H groups in total. The van der Waals surface area contributed by atoms with E-state index in [0.29, 0.717) is 23.5 Å². The second-order valence-electron chi connectivity index (χ2n) is 8.45. The number of fused-ring (bicyclic) bond motifs is 1. The number of benzene rings is 2. The number of nitrogens with zero attached hydrogens (tertiary/aromatic N) is 5. The number of anilines is 2. The van der Waals surface area contributed by atoms with Crippen LogP contribution in [0.2, 0.25) is 5.28 Å². The number of methoxy groups -OCH3 is 1. The van der Waals surface area contributed by atoms with Gasteiger partial charge in [-0.1, -0.05) is 12.1 Å². The predicted octanol–water partition coefficient (Wildman–Crippen LogP) is 5.00. The van der Waals surface area contributed by atoms with Crippen molar-refractivity contribution in [3.05, 3.63) is 76.3 Å². The van der Waals surface area contributed by atoms with Crippen molar-refractivity contribution in [2.24, 2.45) is 0 Å². The van der Waals surface area contributed by atoms with Crippen molar-refractivity contribution in [2.45, 2.75) is 20.4 Å². The van der Waals surface area contributed by atoms with Crippen LogP contribution in [-0.2, 0) is 11.3 Å². The molecule has 0 spiro atoms. The molecule has 0 unspecified atom stereocenters. The highest BCUT2D eigenvalue weighted by Gasteiger charge is 2.15. The van der Waals surface area contributed by atoms with Crippen LogP contribution >= 0.6 is 11.6 Å². The van der Waals surface area contributed by atoms with E-state index in [2.05, 4.69) is 20.3 Å². The van der Waals surface area contributed by atoms with Gasteiger partial charge in [0.1, 0.15) is 5.75 Å². The zero-order chi connectivity index (χ0) is 25.1. The highest BCUT2D eigenvalue weighted by atomic mass is 35.5. The monoisotopic (exact) mass is 490 g/mol. The average Bonchev–Trinajstić information content (AvgIpc) is 3.22. The minimum atomic E-state index is -0.0641. The van der Waals surface area contributed by atoms with Crippen LogP contribution in [0.4, 0.5) is 11.5 Å². The van der Waals surface area contributed by atoms with Crippen molar-refractivity contribution < 1.29 is 9.53 Å². The summed E-state index contributed by atoms with van der Waals surface area (Å²) < 4.78 is 7.17. The molecular weight excluding hydrogens is 464 g/mol. The number of aromatic nitrogens is 4. The second kappa shape index (κ2) is 10.1. The van der Waals surface area contributed by atoms with E-state index in [0.717, 1.165) is 33.7 Å². The van der Waals surface area contributed by atoms with Crippen LogP contribution in [0.1, 0.15) is 22.3 Å². The number of ether oxygens (including phenoxy) is 1. The van der Waals surface area contributed by atoms with Gasteiger partial charge in [0.2, 0.25) is 11.2 Å². The van der Waals surface area contributed by atoms with Crippen LogP contribution < -0.4 is 10.1 Å². The highest BCUT2D eigenvalue weighted by Crippen LogP contribution is 2.30. The van der Waals surface area contributed by atoms with Gasteiger partial charge in [0.25, 0.3) is 0 Å². The Morgan fingerprint density at radius 3 is 2.46 bits per heavy atom. The Morgan fingerprint density at radius 1 is 1.14 bits per heavy atom. The first-order chi connectivity index (χ1) is 16.7. The van der Waals surface area contributed by atoms with Crippen LogP contribution in [0.3, 0.4) is 0 Å². The summed E-state index contributed by atoms with van der Waals surface area (Å²) in [6, 6.07) is 11.9. The SMILES string of the molecule is COc1ccc(Cn2cnc3c(Nc4c(C)cc(C=CC(=O)N(C)C)cc4C)nc(Cl)nc32)cc1. The Kier molecular flexibility index (Phi) is 7.02. The summed E-state index contributed by atoms with van der Waals surface area (Å²) in [7, 11) is 5.09. The molecule has 2 heterocycles. The quantitative estimate of drug-likeness (QED) is 0.290. The number of imidazole rings is 1. The lowest BCUT2D eigenvalue weighted by atomic mass is 10.0. The third kappa shape index (κ3) is 5.44. The Labute approximate surface area is 209 Å². The summed E-state index contributed by atoms with van der Waals surface area (Å²) in [5, 5.41) is 3.53. The maximum absolute atomic E-state index is 11.9. The van der Waals surface area contributed by atoms with E-state index in [4.69, 9.17) is 16.3 Å². The average molecular weight is 491 g/mol. The molecule has 4 aromatic rings. The maximum Gasteiger partial charge on any atom is 0.246 e. The minimum Gasteiger partial charge on any atom is -0.497 e. The van der Waals surface area contributed by atoms with Crippen molar-refractivity contribution >= 4 is 46.3 Å². The molecule has 0 radical (unpaired) electrons. The van der Waals surface area contributed by atoms with Crippen LogP contribution in [0.25, 0.3) is 17.2 Å². The fourth-order valence-electron chi connectivity index (χ4n) is 3.77. The number of nitrogens with one attached hydrogen (secondary N) is 1. The van der Waals surface area contributed by atoms with Crippen LogP contribution in [-0.4, -0.2) is 51.5 Å². The minimum absolute atomic E-state index is 0.0641. The van der Waals surface area contributed by atoms with Gasteiger partial charge in [0, 0.05) is 25.9 Å². The molecule has 0 atom stereocenters. The maximum atomic E-state index is 11.9. The smallest absolute Gasteiger partial charge is 0.246 e. The lowest BCUT2D eigenvalue weighted by molar-refractivity contribution is -0.123. The summed E-state index contributed by atoms with van der Waals surface area (Å²) in [5.41, 5.74) is 6.20. The van der Waals surface area contributed by atoms with Crippen molar-refractivity contribution in [1.82, 2.24) is 24.4 Å². The lowest BCUT2D eigenvalue weighted by Crippen LogP contribution is -2.18. The van der Waals surface area contributed by atoms with Crippen molar-refractivity contribution in [3.63, 3.8) is 0 Å². The summed E-state index contributed by atoms with van der Waals surface area (Å²) in [5.74, 6) is 1.27. The Hall–Kier alpha value is -3.91. The van der Waals surface area contributed by atoms with E-state index < -0.39 is 0 Å². The van der Waals surface area contributed by atoms with Crippen molar-refractivity contribution in [3.8, 4) is 5.75 Å². The molecule has 180 valence electrons. The van der Waals surface area contributed by atoms with Gasteiger partial charge in [-0.05, 0) is 78.0 Å². The molecule has 0 aliphatic carbocycles. The first kappa shape index (κ1) is 24.2. The normalized spacial score (nSPS) is 11.3. The van der Waals surface area contributed by atoms with E-state index >= 15 is 0 Å². The largest absolute Gasteiger partial charge is 0.497 e. The number of carbonyl (C=O) groups is 1. The van der Waals surface area contributed by atoms with E-state index in [-0.39, 0.29) is 11.2 Å². The van der Waals surface area contributed by atoms with Gasteiger partial charge in [-0.25, -0.2) is 4.98 Å². The molecule has 2 aromatic heterocycles. The Morgan fingerprint density at radius 2 is 1.83 bits per heavy atom. The van der Waals surface area contributed by atoms with Gasteiger partial charge in [0.15, 0.2) is 17.0 Å². The number of rotatable bonds is 7. The number of amides is 1. The summed E-state index contributed by atoms with van der Waals surface area (Å²) >= 11 is 6.30. The number of carbonyl (C=O) groups excluding carboxylic acids is 1. The highest BCUT2D eigenvalue weighted by molar-refractivity contribution is 6.28. The van der Waals surface area contributed by atoms with Crippen LogP contribution in [0.5, 0.6) is 5.75 Å². The van der Waals surface area contributed by atoms with Gasteiger partial charge in [0.05, 0.1) is 20.0 Å². The van der Waals surface area contributed by atoms with Crippen LogP contribution in [0, 0.1) is 13.8 Å². The molecule has 0 aliphatic heterocycles. The zero-order valence-corrected chi connectivity index (χ0v) is 21.1. The molecule has 0 fully saturated rings. The molecule has 0 saturated carbocycles. The molecule has 35 heavy (non-hydrogen) atoms. The summed E-state index contributed by atoms with van der Waals surface area (Å²) in [6.07, 6.45) is 5.11. The summed E-state index contributed by atoms with van der Waals surface area (Å²) in [4.78, 5) is 26.8. The van der Waals surface area contributed by atoms with Crippen LogP contribution in [0.15, 0.2) is 48.8 Å². The van der Waals surface area contributed by atoms with Gasteiger partial charge >= 0.3 is 0 Å². The second-order valence-corrected chi connectivity index (χ2v) is 8.79. The molecular formula is C26H27ClN6O2. The molecule has 8 nitrogen and oxygen atoms in total. The number of aryl methyl sites for hydroxylation is 2. The number of halogens is 1. The molecule has 9 heteroatoms. The molecule has 2 aromatic carbocycles. The van der Waals surface area contributed by atoms with Gasteiger partial charge in [-0.3, -0.25) is 4.79 Å². The van der Waals surface area contributed by atoms with E-state index in [1.807, 2.05) is 60.9 Å². The number of likely N-dealkylation sites (N-methyl/N-ethyl adjacent to an activating group) is 1. The molecule has 1 amide bonds. The predicted molar refractivity (Wildman–Crippen MR) is 139 cm³/mol.